The van der Waals surface area contributed by atoms with Gasteiger partial charge in [0.25, 0.3) is 0 Å². The molecule has 0 aromatic rings. The summed E-state index contributed by atoms with van der Waals surface area (Å²) >= 11 is 0. The van der Waals surface area contributed by atoms with Crippen LogP contribution in [0.15, 0.2) is 0 Å². The quantitative estimate of drug-likeness (QED) is 0.519. The van der Waals surface area contributed by atoms with Crippen molar-refractivity contribution in [2.24, 2.45) is 0 Å². The minimum absolute atomic E-state index is 0.261. The summed E-state index contributed by atoms with van der Waals surface area (Å²) in [5.74, 6) is -2.72. The molecule has 0 spiro atoms. The van der Waals surface area contributed by atoms with Crippen LogP contribution >= 0.6 is 0 Å². The van der Waals surface area contributed by atoms with Gasteiger partial charge in [0.2, 0.25) is 11.8 Å². The van der Waals surface area contributed by atoms with E-state index in [1.165, 1.54) is 6.92 Å². The Morgan fingerprint density at radius 1 is 1.33 bits per heavy atom. The minimum atomic E-state index is -1.63. The monoisotopic (exact) mass is 278 g/mol. The number of nitrogens with one attached hydrogen (secondary N) is 2. The number of carbonyl (C=O) groups is 3. The number of carboxylic acid groups (broad SMARTS) is 1. The van der Waals surface area contributed by atoms with Crippen LogP contribution in [0.3, 0.4) is 0 Å². The molecular weight excluding hydrogens is 260 g/mol. The Labute approximate surface area is 108 Å². The number of carbonyl (C=O) groups excluding carboxylic acids is 2. The van der Waals surface area contributed by atoms with E-state index in [1.807, 2.05) is 6.92 Å². The van der Waals surface area contributed by atoms with E-state index in [0.29, 0.717) is 6.54 Å². The zero-order chi connectivity index (χ0) is 14.1. The van der Waals surface area contributed by atoms with Crippen molar-refractivity contribution in [2.75, 3.05) is 18.1 Å². The van der Waals surface area contributed by atoms with Crippen molar-refractivity contribution in [2.45, 2.75) is 26.3 Å². The summed E-state index contributed by atoms with van der Waals surface area (Å²) in [4.78, 5) is 32.8. The van der Waals surface area contributed by atoms with Crippen LogP contribution in [0.4, 0.5) is 0 Å². The molecule has 18 heavy (non-hydrogen) atoms. The van der Waals surface area contributed by atoms with E-state index in [-0.39, 0.29) is 17.4 Å². The maximum Gasteiger partial charge on any atom is 0.327 e. The van der Waals surface area contributed by atoms with E-state index < -0.39 is 28.7 Å². The lowest BCUT2D eigenvalue weighted by Crippen LogP contribution is -2.44. The lowest BCUT2D eigenvalue weighted by molar-refractivity contribution is -0.140. The fourth-order valence-electron chi connectivity index (χ4n) is 1.13. The number of hydrogen-bond acceptors (Lipinski definition) is 4. The highest BCUT2D eigenvalue weighted by Crippen LogP contribution is 1.92. The summed E-state index contributed by atoms with van der Waals surface area (Å²) in [6.07, 6.45) is 0.766. The second-order valence-corrected chi connectivity index (χ2v) is 5.19. The van der Waals surface area contributed by atoms with E-state index in [1.54, 1.807) is 0 Å². The molecule has 0 rings (SSSR count). The first kappa shape index (κ1) is 16.6. The summed E-state index contributed by atoms with van der Waals surface area (Å²) in [5.41, 5.74) is 0. The van der Waals surface area contributed by atoms with Gasteiger partial charge in [-0.2, -0.15) is 0 Å². The van der Waals surface area contributed by atoms with Gasteiger partial charge in [0.05, 0.1) is 5.75 Å². The number of rotatable bonds is 8. The summed E-state index contributed by atoms with van der Waals surface area (Å²) in [6.45, 7) is 3.55. The molecule has 8 heteroatoms. The third-order valence-electron chi connectivity index (χ3n) is 1.89. The van der Waals surface area contributed by atoms with E-state index in [0.717, 1.165) is 6.42 Å². The van der Waals surface area contributed by atoms with Gasteiger partial charge in [0, 0.05) is 24.3 Å². The normalized spacial score (nSPS) is 13.4. The van der Waals surface area contributed by atoms with Crippen molar-refractivity contribution in [1.82, 2.24) is 10.6 Å². The number of hydrogen-bond donors (Lipinski definition) is 3. The summed E-state index contributed by atoms with van der Waals surface area (Å²) in [7, 11) is -1.63. The van der Waals surface area contributed by atoms with Crippen molar-refractivity contribution in [3.05, 3.63) is 0 Å². The van der Waals surface area contributed by atoms with Crippen LogP contribution < -0.4 is 10.6 Å². The molecule has 2 atom stereocenters. The van der Waals surface area contributed by atoms with Crippen molar-refractivity contribution in [3.8, 4) is 0 Å². The molecule has 0 saturated carbocycles. The molecule has 0 radical (unpaired) electrons. The number of amides is 2. The highest BCUT2D eigenvalue weighted by Gasteiger charge is 2.22. The molecule has 0 aliphatic carbocycles. The average molecular weight is 278 g/mol. The van der Waals surface area contributed by atoms with Gasteiger partial charge in [-0.1, -0.05) is 6.92 Å². The molecule has 0 aromatic carbocycles. The third kappa shape index (κ3) is 7.77. The van der Waals surface area contributed by atoms with Gasteiger partial charge in [0.15, 0.2) is 0 Å². The van der Waals surface area contributed by atoms with E-state index in [9.17, 15) is 18.6 Å². The van der Waals surface area contributed by atoms with Crippen LogP contribution in [-0.4, -0.2) is 51.2 Å². The first-order valence-electron chi connectivity index (χ1n) is 5.48. The summed E-state index contributed by atoms with van der Waals surface area (Å²) in [6, 6.07) is -1.23. The number of aliphatic carboxylic acids is 1. The maximum absolute atomic E-state index is 11.5. The maximum atomic E-state index is 11.5. The van der Waals surface area contributed by atoms with Crippen LogP contribution in [0.5, 0.6) is 0 Å². The summed E-state index contributed by atoms with van der Waals surface area (Å²) < 4.78 is 11.5. The largest absolute Gasteiger partial charge is 0.480 e. The molecule has 7 nitrogen and oxygen atoms in total. The van der Waals surface area contributed by atoms with Crippen LogP contribution in [0.1, 0.15) is 20.3 Å². The van der Waals surface area contributed by atoms with Gasteiger partial charge in [-0.05, 0) is 6.42 Å². The summed E-state index contributed by atoms with van der Waals surface area (Å²) in [5, 5.41) is 13.5. The fraction of sp³-hybridized carbons (Fsp3) is 0.700. The molecule has 1 unspecified atom stereocenters. The molecule has 0 saturated heterocycles. The molecule has 0 aromatic heterocycles. The Hall–Kier alpha value is -1.44. The smallest absolute Gasteiger partial charge is 0.327 e. The van der Waals surface area contributed by atoms with Gasteiger partial charge in [-0.25, -0.2) is 4.79 Å². The highest BCUT2D eigenvalue weighted by molar-refractivity contribution is 7.85. The Morgan fingerprint density at radius 2 is 1.94 bits per heavy atom. The van der Waals surface area contributed by atoms with Crippen molar-refractivity contribution >= 4 is 28.6 Å². The second kappa shape index (κ2) is 8.62. The predicted octanol–water partition coefficient (Wildman–Crippen LogP) is -1.15. The van der Waals surface area contributed by atoms with E-state index >= 15 is 0 Å². The Bertz CT molecular complexity index is 345. The number of carboxylic acids is 1. The van der Waals surface area contributed by atoms with E-state index in [4.69, 9.17) is 5.11 Å². The van der Waals surface area contributed by atoms with Crippen LogP contribution in [0.2, 0.25) is 0 Å². The molecule has 0 fully saturated rings. The molecular formula is C10H18N2O5S. The lowest BCUT2D eigenvalue weighted by atomic mass is 10.3. The lowest BCUT2D eigenvalue weighted by Gasteiger charge is -2.12. The molecule has 0 bridgehead atoms. The van der Waals surface area contributed by atoms with Crippen molar-refractivity contribution in [3.63, 3.8) is 0 Å². The fourth-order valence-corrected chi connectivity index (χ4v) is 2.24. The first-order valence-corrected chi connectivity index (χ1v) is 6.97. The standard InChI is InChI=1S/C10H18N2O5S/c1-3-4-11-9(14)6-18(17)5-8(10(15)16)12-7(2)13/h8H,3-6H2,1-2H3,(H,11,14)(H,12,13)(H,15,16)/t8-,18?/m0/s1. The highest BCUT2D eigenvalue weighted by atomic mass is 32.2. The van der Waals surface area contributed by atoms with Crippen LogP contribution in [0.25, 0.3) is 0 Å². The zero-order valence-corrected chi connectivity index (χ0v) is 11.2. The second-order valence-electron chi connectivity index (χ2n) is 3.69. The van der Waals surface area contributed by atoms with Gasteiger partial charge in [-0.15, -0.1) is 0 Å². The Kier molecular flexibility index (Phi) is 7.93. The van der Waals surface area contributed by atoms with Gasteiger partial charge in [0.1, 0.15) is 11.8 Å². The van der Waals surface area contributed by atoms with Gasteiger partial charge in [-0.3, -0.25) is 13.8 Å². The molecule has 0 aliphatic rings. The first-order chi connectivity index (χ1) is 8.36. The minimum Gasteiger partial charge on any atom is -0.480 e. The average Bonchev–Trinajstić information content (AvgIpc) is 2.24. The molecule has 3 N–H and O–H groups in total. The predicted molar refractivity (Wildman–Crippen MR) is 66.4 cm³/mol. The molecule has 0 aliphatic heterocycles. The Morgan fingerprint density at radius 3 is 2.39 bits per heavy atom. The van der Waals surface area contributed by atoms with Crippen LogP contribution in [0, 0.1) is 0 Å². The SMILES string of the molecule is CCCNC(=O)CS(=O)C[C@H](NC(C)=O)C(=O)O. The van der Waals surface area contributed by atoms with Crippen molar-refractivity contribution < 1.29 is 23.7 Å². The molecule has 104 valence electrons. The van der Waals surface area contributed by atoms with Gasteiger partial charge < -0.3 is 15.7 Å². The third-order valence-corrected chi connectivity index (χ3v) is 3.18. The van der Waals surface area contributed by atoms with E-state index in [2.05, 4.69) is 10.6 Å². The molecule has 2 amide bonds. The molecule has 0 heterocycles. The topological polar surface area (TPSA) is 113 Å². The van der Waals surface area contributed by atoms with Crippen molar-refractivity contribution in [1.29, 1.82) is 0 Å². The van der Waals surface area contributed by atoms with Crippen LogP contribution in [-0.2, 0) is 25.2 Å². The Balaban J connectivity index is 4.21. The zero-order valence-electron chi connectivity index (χ0n) is 10.4. The van der Waals surface area contributed by atoms with Gasteiger partial charge >= 0.3 is 5.97 Å².